The van der Waals surface area contributed by atoms with Crippen molar-refractivity contribution in [2.75, 3.05) is 7.05 Å². The van der Waals surface area contributed by atoms with Crippen molar-refractivity contribution in [2.45, 2.75) is 25.8 Å². The first kappa shape index (κ1) is 15.1. The fraction of sp³-hybridized carbons (Fsp3) is 0.312. The molecule has 0 saturated carbocycles. The van der Waals surface area contributed by atoms with Gasteiger partial charge in [-0.2, -0.15) is 0 Å². The number of aryl methyl sites for hydroxylation is 1. The molecule has 1 N–H and O–H groups in total. The molecular weight excluding hydrogens is 319 g/mol. The van der Waals surface area contributed by atoms with Crippen LogP contribution < -0.4 is 5.32 Å². The van der Waals surface area contributed by atoms with Crippen LogP contribution in [-0.2, 0) is 12.8 Å². The summed E-state index contributed by atoms with van der Waals surface area (Å²) in [7, 11) is 1.93. The van der Waals surface area contributed by atoms with Crippen molar-refractivity contribution in [1.29, 1.82) is 0 Å². The van der Waals surface area contributed by atoms with E-state index >= 15 is 0 Å². The van der Waals surface area contributed by atoms with Gasteiger partial charge in [-0.05, 0) is 60.8 Å². The van der Waals surface area contributed by atoms with Gasteiger partial charge in [0.2, 0.25) is 0 Å². The summed E-state index contributed by atoms with van der Waals surface area (Å²) in [5.74, 6) is -0.213. The van der Waals surface area contributed by atoms with E-state index in [4.69, 9.17) is 0 Å². The van der Waals surface area contributed by atoms with E-state index in [1.807, 2.05) is 25.4 Å². The average molecular weight is 337 g/mol. The number of nitrogens with one attached hydrogen (secondary N) is 1. The zero-order valence-electron chi connectivity index (χ0n) is 11.7. The highest BCUT2D eigenvalue weighted by molar-refractivity contribution is 9.10. The molecule has 1 atom stereocenters. The number of hydrogen-bond acceptors (Lipinski definition) is 2. The molecule has 1 heterocycles. The Morgan fingerprint density at radius 3 is 2.80 bits per heavy atom. The predicted octanol–water partition coefficient (Wildman–Crippen LogP) is 4.05. The van der Waals surface area contributed by atoms with Crippen LogP contribution in [0.1, 0.15) is 29.7 Å². The van der Waals surface area contributed by atoms with Crippen LogP contribution in [0.4, 0.5) is 4.39 Å². The van der Waals surface area contributed by atoms with Crippen LogP contribution in [0.15, 0.2) is 41.1 Å². The van der Waals surface area contributed by atoms with E-state index in [-0.39, 0.29) is 11.9 Å². The molecule has 0 saturated heterocycles. The Morgan fingerprint density at radius 2 is 2.15 bits per heavy atom. The summed E-state index contributed by atoms with van der Waals surface area (Å²) in [5, 5.41) is 3.31. The molecule has 0 aliphatic carbocycles. The zero-order chi connectivity index (χ0) is 14.5. The van der Waals surface area contributed by atoms with Gasteiger partial charge < -0.3 is 5.32 Å². The third-order valence-corrected chi connectivity index (χ3v) is 3.87. The topological polar surface area (TPSA) is 24.9 Å². The van der Waals surface area contributed by atoms with Crippen molar-refractivity contribution in [3.05, 3.63) is 63.6 Å². The lowest BCUT2D eigenvalue weighted by molar-refractivity contribution is 0.578. The van der Waals surface area contributed by atoms with Crippen molar-refractivity contribution >= 4 is 15.9 Å². The number of aromatic nitrogens is 1. The Kier molecular flexibility index (Phi) is 5.26. The number of hydrogen-bond donors (Lipinski definition) is 1. The quantitative estimate of drug-likeness (QED) is 0.890. The van der Waals surface area contributed by atoms with Gasteiger partial charge >= 0.3 is 0 Å². The second kappa shape index (κ2) is 6.95. The molecule has 106 valence electrons. The van der Waals surface area contributed by atoms with Crippen LogP contribution in [0, 0.1) is 5.82 Å². The Morgan fingerprint density at radius 1 is 1.35 bits per heavy atom. The second-order valence-electron chi connectivity index (χ2n) is 4.75. The van der Waals surface area contributed by atoms with Crippen LogP contribution in [0.25, 0.3) is 0 Å². The van der Waals surface area contributed by atoms with E-state index < -0.39 is 0 Å². The van der Waals surface area contributed by atoms with Crippen molar-refractivity contribution in [3.63, 3.8) is 0 Å². The average Bonchev–Trinajstić information content (AvgIpc) is 2.43. The van der Waals surface area contributed by atoms with E-state index in [2.05, 4.69) is 33.2 Å². The molecule has 1 aromatic heterocycles. The largest absolute Gasteiger partial charge is 0.313 e. The number of benzene rings is 1. The molecular formula is C16H18BrFN2. The van der Waals surface area contributed by atoms with Crippen molar-refractivity contribution in [2.24, 2.45) is 0 Å². The third kappa shape index (κ3) is 3.64. The molecule has 0 aliphatic rings. The molecule has 0 radical (unpaired) electrons. The molecule has 2 aromatic rings. The highest BCUT2D eigenvalue weighted by Gasteiger charge is 2.14. The van der Waals surface area contributed by atoms with Gasteiger partial charge in [-0.1, -0.05) is 22.9 Å². The summed E-state index contributed by atoms with van der Waals surface area (Å²) in [5.41, 5.74) is 3.42. The molecule has 4 heteroatoms. The Bertz CT molecular complexity index is 566. The van der Waals surface area contributed by atoms with Gasteiger partial charge in [0.15, 0.2) is 0 Å². The van der Waals surface area contributed by atoms with E-state index in [1.165, 1.54) is 17.2 Å². The first-order chi connectivity index (χ1) is 9.63. The van der Waals surface area contributed by atoms with Crippen LogP contribution >= 0.6 is 15.9 Å². The first-order valence-corrected chi connectivity index (χ1v) is 7.48. The third-order valence-electron chi connectivity index (χ3n) is 3.41. The van der Waals surface area contributed by atoms with Gasteiger partial charge in [-0.25, -0.2) is 4.39 Å². The van der Waals surface area contributed by atoms with Gasteiger partial charge in [0.05, 0.1) is 0 Å². The number of halogens is 2. The lowest BCUT2D eigenvalue weighted by Gasteiger charge is -2.19. The minimum Gasteiger partial charge on any atom is -0.313 e. The fourth-order valence-electron chi connectivity index (χ4n) is 2.41. The summed E-state index contributed by atoms with van der Waals surface area (Å²) >= 11 is 3.34. The van der Waals surface area contributed by atoms with Gasteiger partial charge in [0, 0.05) is 22.9 Å². The maximum atomic E-state index is 13.5. The first-order valence-electron chi connectivity index (χ1n) is 6.69. The lowest BCUT2D eigenvalue weighted by atomic mass is 9.95. The van der Waals surface area contributed by atoms with Gasteiger partial charge in [0.25, 0.3) is 0 Å². The van der Waals surface area contributed by atoms with Gasteiger partial charge in [-0.15, -0.1) is 0 Å². The van der Waals surface area contributed by atoms with Crippen molar-refractivity contribution in [1.82, 2.24) is 10.3 Å². The zero-order valence-corrected chi connectivity index (χ0v) is 13.2. The number of rotatable bonds is 5. The Labute approximate surface area is 127 Å². The van der Waals surface area contributed by atoms with E-state index in [0.29, 0.717) is 0 Å². The molecule has 20 heavy (non-hydrogen) atoms. The monoisotopic (exact) mass is 336 g/mol. The molecule has 0 spiro atoms. The van der Waals surface area contributed by atoms with E-state index in [9.17, 15) is 4.39 Å². The van der Waals surface area contributed by atoms with Gasteiger partial charge in [0.1, 0.15) is 5.82 Å². The standard InChI is InChI=1S/C16H18BrFN2/c1-3-12-10-20-5-4-15(12)16(19-2)8-11-6-13(17)9-14(18)7-11/h4-7,9-10,16,19H,3,8H2,1-2H3. The Balaban J connectivity index is 2.28. The fourth-order valence-corrected chi connectivity index (χ4v) is 2.92. The minimum atomic E-state index is -0.213. The molecule has 0 bridgehead atoms. The predicted molar refractivity (Wildman–Crippen MR) is 83.2 cm³/mol. The summed E-state index contributed by atoms with van der Waals surface area (Å²) in [4.78, 5) is 4.17. The van der Waals surface area contributed by atoms with Crippen LogP contribution in [0.3, 0.4) is 0 Å². The minimum absolute atomic E-state index is 0.154. The summed E-state index contributed by atoms with van der Waals surface area (Å²) < 4.78 is 14.2. The smallest absolute Gasteiger partial charge is 0.124 e. The highest BCUT2D eigenvalue weighted by atomic mass is 79.9. The van der Waals surface area contributed by atoms with E-state index in [0.717, 1.165) is 22.9 Å². The SMILES string of the molecule is CCc1cnccc1C(Cc1cc(F)cc(Br)c1)NC. The lowest BCUT2D eigenvalue weighted by Crippen LogP contribution is -2.20. The highest BCUT2D eigenvalue weighted by Crippen LogP contribution is 2.24. The molecule has 2 rings (SSSR count). The molecule has 1 aromatic carbocycles. The number of nitrogens with zero attached hydrogens (tertiary/aromatic N) is 1. The summed E-state index contributed by atoms with van der Waals surface area (Å²) in [6.45, 7) is 2.12. The van der Waals surface area contributed by atoms with Crippen molar-refractivity contribution in [3.8, 4) is 0 Å². The maximum Gasteiger partial charge on any atom is 0.124 e. The van der Waals surface area contributed by atoms with E-state index in [1.54, 1.807) is 12.3 Å². The molecule has 2 nitrogen and oxygen atoms in total. The van der Waals surface area contributed by atoms with Crippen molar-refractivity contribution < 1.29 is 4.39 Å². The van der Waals surface area contributed by atoms with Crippen LogP contribution in [0.5, 0.6) is 0 Å². The Hall–Kier alpha value is -1.26. The molecule has 0 fully saturated rings. The van der Waals surface area contributed by atoms with Crippen LogP contribution in [-0.4, -0.2) is 12.0 Å². The summed E-state index contributed by atoms with van der Waals surface area (Å²) in [6.07, 6.45) is 5.39. The number of likely N-dealkylation sites (N-methyl/N-ethyl adjacent to an activating group) is 1. The number of pyridine rings is 1. The molecule has 0 aliphatic heterocycles. The van der Waals surface area contributed by atoms with Crippen LogP contribution in [0.2, 0.25) is 0 Å². The maximum absolute atomic E-state index is 13.5. The summed E-state index contributed by atoms with van der Waals surface area (Å²) in [6, 6.07) is 7.21. The second-order valence-corrected chi connectivity index (χ2v) is 5.67. The normalized spacial score (nSPS) is 12.4. The molecule has 0 amide bonds. The van der Waals surface area contributed by atoms with Gasteiger partial charge in [-0.3, -0.25) is 4.98 Å². The molecule has 1 unspecified atom stereocenters.